The molecular weight excluding hydrogens is 266 g/mol. The van der Waals surface area contributed by atoms with E-state index in [0.29, 0.717) is 12.2 Å². The molecule has 0 atom stereocenters. The standard InChI is InChI=1S/C14H18F2N2O2/c1-8-5-10(12(15)16)17-11-7-18(6-9(8)11)13(19)20-14(2,3)4/h5,12H,6-7H2,1-4H3. The summed E-state index contributed by atoms with van der Waals surface area (Å²) in [4.78, 5) is 17.4. The van der Waals surface area contributed by atoms with Crippen molar-refractivity contribution >= 4 is 6.09 Å². The smallest absolute Gasteiger partial charge is 0.410 e. The lowest BCUT2D eigenvalue weighted by molar-refractivity contribution is 0.0240. The SMILES string of the molecule is Cc1cc(C(F)F)nc2c1CN(C(=O)OC(C)(C)C)C2. The Labute approximate surface area is 116 Å². The maximum atomic E-state index is 12.7. The highest BCUT2D eigenvalue weighted by Crippen LogP contribution is 2.29. The molecule has 0 N–H and O–H groups in total. The molecule has 1 amide bonds. The number of halogens is 2. The fourth-order valence-electron chi connectivity index (χ4n) is 2.13. The lowest BCUT2D eigenvalue weighted by atomic mass is 10.1. The normalized spacial score (nSPS) is 14.7. The zero-order valence-electron chi connectivity index (χ0n) is 12.0. The molecule has 0 aromatic carbocycles. The third-order valence-corrected chi connectivity index (χ3v) is 3.02. The van der Waals surface area contributed by atoms with Gasteiger partial charge in [0, 0.05) is 0 Å². The molecule has 0 fully saturated rings. The summed E-state index contributed by atoms with van der Waals surface area (Å²) in [5.74, 6) is 0. The monoisotopic (exact) mass is 284 g/mol. The zero-order chi connectivity index (χ0) is 15.1. The van der Waals surface area contributed by atoms with Gasteiger partial charge < -0.3 is 4.74 Å². The van der Waals surface area contributed by atoms with Gasteiger partial charge in [-0.25, -0.2) is 18.6 Å². The molecule has 0 saturated heterocycles. The van der Waals surface area contributed by atoms with Gasteiger partial charge in [-0.2, -0.15) is 0 Å². The Balaban J connectivity index is 2.19. The Hall–Kier alpha value is -1.72. The van der Waals surface area contributed by atoms with Gasteiger partial charge in [0.15, 0.2) is 0 Å². The number of alkyl halides is 2. The van der Waals surface area contributed by atoms with Crippen molar-refractivity contribution in [1.82, 2.24) is 9.88 Å². The molecule has 2 heterocycles. The highest BCUT2D eigenvalue weighted by atomic mass is 19.3. The van der Waals surface area contributed by atoms with E-state index in [-0.39, 0.29) is 12.2 Å². The largest absolute Gasteiger partial charge is 0.444 e. The minimum absolute atomic E-state index is 0.214. The first-order valence-corrected chi connectivity index (χ1v) is 6.43. The van der Waals surface area contributed by atoms with Crippen LogP contribution in [0.1, 0.15) is 49.7 Å². The first-order chi connectivity index (χ1) is 9.17. The van der Waals surface area contributed by atoms with Crippen molar-refractivity contribution in [3.8, 4) is 0 Å². The van der Waals surface area contributed by atoms with Gasteiger partial charge in [-0.3, -0.25) is 4.90 Å². The first-order valence-electron chi connectivity index (χ1n) is 6.43. The quantitative estimate of drug-likeness (QED) is 0.791. The van der Waals surface area contributed by atoms with E-state index < -0.39 is 18.1 Å². The molecule has 4 nitrogen and oxygen atoms in total. The predicted molar refractivity (Wildman–Crippen MR) is 69.4 cm³/mol. The average molecular weight is 284 g/mol. The van der Waals surface area contributed by atoms with E-state index in [1.807, 2.05) is 0 Å². The van der Waals surface area contributed by atoms with Crippen LogP contribution in [0, 0.1) is 6.92 Å². The summed E-state index contributed by atoms with van der Waals surface area (Å²) in [6.45, 7) is 7.68. The molecule has 1 aliphatic heterocycles. The molecule has 20 heavy (non-hydrogen) atoms. The third kappa shape index (κ3) is 3.05. The van der Waals surface area contributed by atoms with E-state index in [1.54, 1.807) is 27.7 Å². The highest BCUT2D eigenvalue weighted by Gasteiger charge is 2.30. The van der Waals surface area contributed by atoms with Gasteiger partial charge in [0.2, 0.25) is 0 Å². The van der Waals surface area contributed by atoms with Crippen molar-refractivity contribution in [2.24, 2.45) is 0 Å². The summed E-state index contributed by atoms with van der Waals surface area (Å²) in [6.07, 6.45) is -3.05. The number of hydrogen-bond donors (Lipinski definition) is 0. The topological polar surface area (TPSA) is 42.4 Å². The van der Waals surface area contributed by atoms with Gasteiger partial charge in [-0.1, -0.05) is 0 Å². The van der Waals surface area contributed by atoms with Crippen LogP contribution in [0.25, 0.3) is 0 Å². The molecule has 1 aromatic rings. The molecule has 1 aromatic heterocycles. The number of pyridine rings is 1. The molecule has 6 heteroatoms. The van der Waals surface area contributed by atoms with E-state index in [1.165, 1.54) is 11.0 Å². The van der Waals surface area contributed by atoms with Crippen molar-refractivity contribution in [2.75, 3.05) is 0 Å². The number of aryl methyl sites for hydroxylation is 1. The lowest BCUT2D eigenvalue weighted by Gasteiger charge is -2.24. The number of hydrogen-bond acceptors (Lipinski definition) is 3. The minimum atomic E-state index is -2.60. The van der Waals surface area contributed by atoms with Gasteiger partial charge in [-0.05, 0) is 44.9 Å². The number of carbonyl (C=O) groups is 1. The average Bonchev–Trinajstić information content (AvgIpc) is 2.70. The van der Waals surface area contributed by atoms with E-state index in [4.69, 9.17) is 4.74 Å². The van der Waals surface area contributed by atoms with Crippen LogP contribution in [-0.2, 0) is 17.8 Å². The molecule has 2 rings (SSSR count). The van der Waals surface area contributed by atoms with Gasteiger partial charge >= 0.3 is 6.09 Å². The van der Waals surface area contributed by atoms with Gasteiger partial charge in [0.05, 0.1) is 18.8 Å². The fourth-order valence-corrected chi connectivity index (χ4v) is 2.13. The number of aromatic nitrogens is 1. The molecule has 0 radical (unpaired) electrons. The fraction of sp³-hybridized carbons (Fsp3) is 0.571. The number of rotatable bonds is 1. The molecule has 0 bridgehead atoms. The zero-order valence-corrected chi connectivity index (χ0v) is 12.0. The van der Waals surface area contributed by atoms with E-state index in [9.17, 15) is 13.6 Å². The second-order valence-electron chi connectivity index (χ2n) is 5.93. The van der Waals surface area contributed by atoms with Crippen molar-refractivity contribution in [3.05, 3.63) is 28.6 Å². The van der Waals surface area contributed by atoms with Crippen molar-refractivity contribution in [1.29, 1.82) is 0 Å². The number of carbonyl (C=O) groups excluding carboxylic acids is 1. The number of nitrogens with zero attached hydrogens (tertiary/aromatic N) is 2. The minimum Gasteiger partial charge on any atom is -0.444 e. The molecule has 0 unspecified atom stereocenters. The van der Waals surface area contributed by atoms with Crippen LogP contribution in [-0.4, -0.2) is 21.6 Å². The molecule has 0 aliphatic carbocycles. The molecule has 0 spiro atoms. The Morgan fingerprint density at radius 2 is 2.05 bits per heavy atom. The first kappa shape index (κ1) is 14.7. The van der Waals surface area contributed by atoms with Crippen LogP contribution in [0.3, 0.4) is 0 Å². The lowest BCUT2D eigenvalue weighted by Crippen LogP contribution is -2.33. The number of amides is 1. The Morgan fingerprint density at radius 1 is 1.40 bits per heavy atom. The summed E-state index contributed by atoms with van der Waals surface area (Å²) in [6, 6.07) is 1.38. The van der Waals surface area contributed by atoms with Crippen molar-refractivity contribution in [3.63, 3.8) is 0 Å². The van der Waals surface area contributed by atoms with Crippen LogP contribution in [0.5, 0.6) is 0 Å². The second kappa shape index (κ2) is 5.00. The number of fused-ring (bicyclic) bond motifs is 1. The Bertz CT molecular complexity index is 539. The van der Waals surface area contributed by atoms with E-state index in [0.717, 1.165) is 11.1 Å². The van der Waals surface area contributed by atoms with Crippen molar-refractivity contribution in [2.45, 2.75) is 52.8 Å². The maximum Gasteiger partial charge on any atom is 0.410 e. The summed E-state index contributed by atoms with van der Waals surface area (Å²) in [7, 11) is 0. The summed E-state index contributed by atoms with van der Waals surface area (Å²) >= 11 is 0. The molecular formula is C14H18F2N2O2. The highest BCUT2D eigenvalue weighted by molar-refractivity contribution is 5.69. The van der Waals surface area contributed by atoms with Crippen molar-refractivity contribution < 1.29 is 18.3 Å². The van der Waals surface area contributed by atoms with E-state index in [2.05, 4.69) is 4.98 Å². The van der Waals surface area contributed by atoms with E-state index >= 15 is 0 Å². The molecule has 110 valence electrons. The summed E-state index contributed by atoms with van der Waals surface area (Å²) < 4.78 is 30.7. The Kier molecular flexibility index (Phi) is 3.67. The Morgan fingerprint density at radius 3 is 2.60 bits per heavy atom. The van der Waals surface area contributed by atoms with Crippen LogP contribution < -0.4 is 0 Å². The van der Waals surface area contributed by atoms with Gasteiger partial charge in [0.25, 0.3) is 6.43 Å². The van der Waals surface area contributed by atoms with Crippen LogP contribution in [0.4, 0.5) is 13.6 Å². The second-order valence-corrected chi connectivity index (χ2v) is 5.93. The summed E-state index contributed by atoms with van der Waals surface area (Å²) in [5, 5.41) is 0. The number of ether oxygens (including phenoxy) is 1. The van der Waals surface area contributed by atoms with Crippen LogP contribution >= 0.6 is 0 Å². The summed E-state index contributed by atoms with van der Waals surface area (Å²) in [5.41, 5.74) is 1.28. The van der Waals surface area contributed by atoms with Crippen LogP contribution in [0.15, 0.2) is 6.07 Å². The van der Waals surface area contributed by atoms with Gasteiger partial charge in [0.1, 0.15) is 11.3 Å². The molecule has 0 saturated carbocycles. The maximum absolute atomic E-state index is 12.7. The molecule has 1 aliphatic rings. The van der Waals surface area contributed by atoms with Gasteiger partial charge in [-0.15, -0.1) is 0 Å². The third-order valence-electron chi connectivity index (χ3n) is 3.02. The van der Waals surface area contributed by atoms with Crippen LogP contribution in [0.2, 0.25) is 0 Å². The predicted octanol–water partition coefficient (Wildman–Crippen LogP) is 3.58.